The van der Waals surface area contributed by atoms with Crippen LogP contribution >= 0.6 is 0 Å². The molecule has 1 aliphatic heterocycles. The van der Waals surface area contributed by atoms with E-state index in [9.17, 15) is 4.79 Å². The van der Waals surface area contributed by atoms with Gasteiger partial charge in [-0.3, -0.25) is 9.69 Å². The topological polar surface area (TPSA) is 49.6 Å². The summed E-state index contributed by atoms with van der Waals surface area (Å²) in [7, 11) is 3.66. The molecule has 2 aliphatic rings. The van der Waals surface area contributed by atoms with Crippen molar-refractivity contribution in [2.45, 2.75) is 57.0 Å². The molecule has 0 spiro atoms. The molecule has 0 aromatic heterocycles. The van der Waals surface area contributed by atoms with Crippen LogP contribution in [0.2, 0.25) is 0 Å². The average molecular weight is 267 g/mol. The van der Waals surface area contributed by atoms with Crippen LogP contribution in [0, 0.1) is 5.92 Å². The monoisotopic (exact) mass is 267 g/mol. The van der Waals surface area contributed by atoms with Crippen LogP contribution in [0.4, 0.5) is 0 Å². The number of rotatable bonds is 4. The number of amides is 1. The van der Waals surface area contributed by atoms with Gasteiger partial charge in [0.25, 0.3) is 0 Å². The van der Waals surface area contributed by atoms with Crippen molar-refractivity contribution in [1.82, 2.24) is 9.80 Å². The zero-order chi connectivity index (χ0) is 13.8. The lowest BCUT2D eigenvalue weighted by atomic mass is 9.77. The number of likely N-dealkylation sites (tertiary alicyclic amines) is 1. The van der Waals surface area contributed by atoms with Crippen LogP contribution in [0.3, 0.4) is 0 Å². The molecule has 110 valence electrons. The standard InChI is InChI=1S/C15H29N3O/c1-17(2)15(19)10-13(11-16)18-9-5-7-12-6-3-4-8-14(12)18/h12-14H,3-11,16H2,1-2H3. The summed E-state index contributed by atoms with van der Waals surface area (Å²) in [5.74, 6) is 1.05. The second-order valence-electron chi connectivity index (χ2n) is 6.37. The predicted molar refractivity (Wildman–Crippen MR) is 77.8 cm³/mol. The van der Waals surface area contributed by atoms with Gasteiger partial charge in [-0.05, 0) is 38.1 Å². The quantitative estimate of drug-likeness (QED) is 0.838. The molecule has 0 aromatic carbocycles. The number of hydrogen-bond donors (Lipinski definition) is 1. The van der Waals surface area contributed by atoms with Crippen molar-refractivity contribution in [1.29, 1.82) is 0 Å². The van der Waals surface area contributed by atoms with Gasteiger partial charge in [0.2, 0.25) is 5.91 Å². The second kappa shape index (κ2) is 6.71. The summed E-state index contributed by atoms with van der Waals surface area (Å²) in [5, 5.41) is 0. The van der Waals surface area contributed by atoms with Gasteiger partial charge in [-0.25, -0.2) is 0 Å². The van der Waals surface area contributed by atoms with Crippen LogP contribution < -0.4 is 5.73 Å². The number of hydrogen-bond acceptors (Lipinski definition) is 3. The lowest BCUT2D eigenvalue weighted by molar-refractivity contribution is -0.130. The fourth-order valence-electron chi connectivity index (χ4n) is 3.84. The molecule has 0 radical (unpaired) electrons. The van der Waals surface area contributed by atoms with Gasteiger partial charge in [-0.2, -0.15) is 0 Å². The fourth-order valence-corrected chi connectivity index (χ4v) is 3.84. The van der Waals surface area contributed by atoms with Crippen LogP contribution in [-0.2, 0) is 4.79 Å². The van der Waals surface area contributed by atoms with E-state index in [4.69, 9.17) is 5.73 Å². The van der Waals surface area contributed by atoms with E-state index in [0.717, 1.165) is 12.5 Å². The van der Waals surface area contributed by atoms with Gasteiger partial charge >= 0.3 is 0 Å². The minimum Gasteiger partial charge on any atom is -0.349 e. The first-order valence-corrected chi connectivity index (χ1v) is 7.79. The SMILES string of the molecule is CN(C)C(=O)CC(CN)N1CCCC2CCCCC21. The van der Waals surface area contributed by atoms with E-state index in [-0.39, 0.29) is 11.9 Å². The van der Waals surface area contributed by atoms with Crippen molar-refractivity contribution < 1.29 is 4.79 Å². The van der Waals surface area contributed by atoms with Crippen LogP contribution in [0.5, 0.6) is 0 Å². The van der Waals surface area contributed by atoms with Crippen molar-refractivity contribution in [3.05, 3.63) is 0 Å². The third-order valence-corrected chi connectivity index (χ3v) is 4.94. The average Bonchev–Trinajstić information content (AvgIpc) is 2.44. The Morgan fingerprint density at radius 2 is 1.95 bits per heavy atom. The van der Waals surface area contributed by atoms with E-state index in [1.165, 1.54) is 38.5 Å². The Morgan fingerprint density at radius 3 is 2.63 bits per heavy atom. The molecule has 4 nitrogen and oxygen atoms in total. The number of fused-ring (bicyclic) bond motifs is 1. The Bertz CT molecular complexity index is 304. The maximum absolute atomic E-state index is 12.0. The zero-order valence-electron chi connectivity index (χ0n) is 12.5. The first-order valence-electron chi connectivity index (χ1n) is 7.79. The van der Waals surface area contributed by atoms with Gasteiger partial charge in [0.05, 0.1) is 0 Å². The third-order valence-electron chi connectivity index (χ3n) is 4.94. The van der Waals surface area contributed by atoms with Gasteiger partial charge in [0.15, 0.2) is 0 Å². The van der Waals surface area contributed by atoms with Crippen LogP contribution in [0.25, 0.3) is 0 Å². The van der Waals surface area contributed by atoms with Crippen molar-refractivity contribution >= 4 is 5.91 Å². The molecule has 3 atom stereocenters. The van der Waals surface area contributed by atoms with Crippen LogP contribution in [0.15, 0.2) is 0 Å². The summed E-state index contributed by atoms with van der Waals surface area (Å²) >= 11 is 0. The second-order valence-corrected chi connectivity index (χ2v) is 6.37. The van der Waals surface area contributed by atoms with Gasteiger partial charge < -0.3 is 10.6 Å². The van der Waals surface area contributed by atoms with E-state index in [2.05, 4.69) is 4.90 Å². The van der Waals surface area contributed by atoms with E-state index in [0.29, 0.717) is 19.0 Å². The Balaban J connectivity index is 2.01. The number of carbonyl (C=O) groups is 1. The lowest BCUT2D eigenvalue weighted by Gasteiger charge is -2.47. The van der Waals surface area contributed by atoms with Gasteiger partial charge in [0, 0.05) is 39.1 Å². The molecule has 2 N–H and O–H groups in total. The Morgan fingerprint density at radius 1 is 1.26 bits per heavy atom. The van der Waals surface area contributed by atoms with E-state index < -0.39 is 0 Å². The normalized spacial score (nSPS) is 29.6. The van der Waals surface area contributed by atoms with Crippen molar-refractivity contribution in [3.63, 3.8) is 0 Å². The van der Waals surface area contributed by atoms with Gasteiger partial charge in [-0.1, -0.05) is 12.8 Å². The third kappa shape index (κ3) is 3.48. The van der Waals surface area contributed by atoms with E-state index in [1.54, 1.807) is 4.90 Å². The fraction of sp³-hybridized carbons (Fsp3) is 0.933. The molecule has 2 fully saturated rings. The highest BCUT2D eigenvalue weighted by atomic mass is 16.2. The number of nitrogens with zero attached hydrogens (tertiary/aromatic N) is 2. The Kier molecular flexibility index (Phi) is 5.22. The highest BCUT2D eigenvalue weighted by Crippen LogP contribution is 2.36. The molecular weight excluding hydrogens is 238 g/mol. The molecular formula is C15H29N3O. The summed E-state index contributed by atoms with van der Waals surface area (Å²) in [5.41, 5.74) is 5.96. The minimum absolute atomic E-state index is 0.202. The van der Waals surface area contributed by atoms with Gasteiger partial charge in [0.1, 0.15) is 0 Å². The van der Waals surface area contributed by atoms with Crippen LogP contribution in [0.1, 0.15) is 44.9 Å². The van der Waals surface area contributed by atoms with Crippen LogP contribution in [-0.4, -0.2) is 55.0 Å². The smallest absolute Gasteiger partial charge is 0.223 e. The summed E-state index contributed by atoms with van der Waals surface area (Å²) in [6.45, 7) is 1.73. The number of nitrogens with two attached hydrogens (primary N) is 1. The zero-order valence-corrected chi connectivity index (χ0v) is 12.5. The van der Waals surface area contributed by atoms with E-state index in [1.807, 2.05) is 14.1 Å². The summed E-state index contributed by atoms with van der Waals surface area (Å²) in [4.78, 5) is 16.2. The Labute approximate surface area is 117 Å². The largest absolute Gasteiger partial charge is 0.349 e. The number of carbonyl (C=O) groups excluding carboxylic acids is 1. The predicted octanol–water partition coefficient (Wildman–Crippen LogP) is 1.45. The molecule has 3 unspecified atom stereocenters. The maximum atomic E-state index is 12.0. The van der Waals surface area contributed by atoms with Crippen molar-refractivity contribution in [2.24, 2.45) is 11.7 Å². The minimum atomic E-state index is 0.202. The molecule has 1 aliphatic carbocycles. The molecule has 1 saturated carbocycles. The van der Waals surface area contributed by atoms with Crippen molar-refractivity contribution in [2.75, 3.05) is 27.2 Å². The molecule has 4 heteroatoms. The molecule has 0 aromatic rings. The highest BCUT2D eigenvalue weighted by molar-refractivity contribution is 5.76. The first-order chi connectivity index (χ1) is 9.13. The molecule has 1 heterocycles. The Hall–Kier alpha value is -0.610. The lowest BCUT2D eigenvalue weighted by Crippen LogP contribution is -2.54. The molecule has 19 heavy (non-hydrogen) atoms. The highest BCUT2D eigenvalue weighted by Gasteiger charge is 2.36. The first kappa shape index (κ1) is 14.8. The molecule has 1 saturated heterocycles. The maximum Gasteiger partial charge on any atom is 0.223 e. The van der Waals surface area contributed by atoms with Crippen molar-refractivity contribution in [3.8, 4) is 0 Å². The molecule has 0 bridgehead atoms. The molecule has 2 rings (SSSR count). The summed E-state index contributed by atoms with van der Waals surface area (Å²) in [6.07, 6.45) is 8.63. The van der Waals surface area contributed by atoms with Gasteiger partial charge in [-0.15, -0.1) is 0 Å². The summed E-state index contributed by atoms with van der Waals surface area (Å²) in [6, 6.07) is 0.923. The van der Waals surface area contributed by atoms with E-state index >= 15 is 0 Å². The number of piperidine rings is 1. The molecule has 1 amide bonds. The summed E-state index contributed by atoms with van der Waals surface area (Å²) < 4.78 is 0.